The van der Waals surface area contributed by atoms with Crippen LogP contribution in [0.2, 0.25) is 5.02 Å². The normalized spacial score (nSPS) is 17.0. The topological polar surface area (TPSA) is 79.0 Å². The van der Waals surface area contributed by atoms with E-state index in [-0.39, 0.29) is 43.2 Å². The van der Waals surface area contributed by atoms with Crippen LogP contribution in [0.5, 0.6) is 5.75 Å². The number of ether oxygens (including phenoxy) is 1. The van der Waals surface area contributed by atoms with Crippen LogP contribution in [-0.4, -0.2) is 63.8 Å². The van der Waals surface area contributed by atoms with Crippen LogP contribution in [0.25, 0.3) is 0 Å². The van der Waals surface area contributed by atoms with Gasteiger partial charge in [0.05, 0.1) is 5.75 Å². The molecule has 1 aromatic carbocycles. The Kier molecular flexibility index (Phi) is 6.00. The van der Waals surface area contributed by atoms with Crippen molar-refractivity contribution in [2.24, 2.45) is 0 Å². The molecule has 3 amide bonds. The molecule has 1 fully saturated rings. The molecule has 1 N–H and O–H groups in total. The summed E-state index contributed by atoms with van der Waals surface area (Å²) in [5.41, 5.74) is 0.819. The van der Waals surface area contributed by atoms with Crippen molar-refractivity contribution >= 4 is 57.6 Å². The first-order valence-corrected chi connectivity index (χ1v) is 9.64. The molecule has 0 saturated carbocycles. The first-order chi connectivity index (χ1) is 12.4. The van der Waals surface area contributed by atoms with Gasteiger partial charge in [0.25, 0.3) is 5.91 Å². The maximum Gasteiger partial charge on any atom is 0.260 e. The molecule has 2 aliphatic heterocycles. The number of nitrogens with zero attached hydrogens (tertiary/aromatic N) is 2. The van der Waals surface area contributed by atoms with Gasteiger partial charge >= 0.3 is 0 Å². The summed E-state index contributed by atoms with van der Waals surface area (Å²) in [7, 11) is 0. The van der Waals surface area contributed by atoms with Gasteiger partial charge in [0, 0.05) is 30.2 Å². The number of halogens is 1. The van der Waals surface area contributed by atoms with E-state index in [1.807, 2.05) is 0 Å². The minimum absolute atomic E-state index is 0.0592. The van der Waals surface area contributed by atoms with Crippen molar-refractivity contribution in [1.29, 1.82) is 0 Å². The number of carbonyl (C=O) groups is 3. The van der Waals surface area contributed by atoms with Crippen molar-refractivity contribution in [1.82, 2.24) is 15.1 Å². The Morgan fingerprint density at radius 1 is 1.35 bits per heavy atom. The molecule has 0 aromatic heterocycles. The maximum atomic E-state index is 12.2. The summed E-state index contributed by atoms with van der Waals surface area (Å²) in [5, 5.41) is 3.28. The van der Waals surface area contributed by atoms with E-state index in [0.29, 0.717) is 28.2 Å². The Labute approximate surface area is 165 Å². The minimum Gasteiger partial charge on any atom is -0.483 e. The summed E-state index contributed by atoms with van der Waals surface area (Å²) < 4.78 is 5.90. The Morgan fingerprint density at radius 3 is 2.88 bits per heavy atom. The molecular weight excluding hydrogens is 398 g/mol. The molecule has 0 aliphatic carbocycles. The molecule has 0 atom stereocenters. The number of thioether (sulfide) groups is 1. The van der Waals surface area contributed by atoms with Gasteiger partial charge in [0.2, 0.25) is 11.8 Å². The predicted octanol–water partition coefficient (Wildman–Crippen LogP) is 1.04. The first kappa shape index (κ1) is 18.9. The molecule has 1 saturated heterocycles. The average Bonchev–Trinajstić information content (AvgIpc) is 2.82. The molecule has 2 heterocycles. The van der Waals surface area contributed by atoms with Crippen molar-refractivity contribution in [3.8, 4) is 5.75 Å². The average molecular weight is 414 g/mol. The Morgan fingerprint density at radius 2 is 2.15 bits per heavy atom. The summed E-state index contributed by atoms with van der Waals surface area (Å²) in [6.45, 7) is 0.794. The van der Waals surface area contributed by atoms with Gasteiger partial charge in [-0.3, -0.25) is 19.3 Å². The number of benzene rings is 1. The van der Waals surface area contributed by atoms with Crippen LogP contribution in [0.15, 0.2) is 18.2 Å². The van der Waals surface area contributed by atoms with E-state index in [1.165, 1.54) is 16.7 Å². The molecule has 26 heavy (non-hydrogen) atoms. The van der Waals surface area contributed by atoms with E-state index in [9.17, 15) is 14.4 Å². The molecule has 0 spiro atoms. The summed E-state index contributed by atoms with van der Waals surface area (Å²) in [6.07, 6.45) is 0. The number of hydrogen-bond acceptors (Lipinski definition) is 6. The van der Waals surface area contributed by atoms with E-state index in [1.54, 1.807) is 23.1 Å². The smallest absolute Gasteiger partial charge is 0.260 e. The van der Waals surface area contributed by atoms with E-state index in [0.717, 1.165) is 5.56 Å². The van der Waals surface area contributed by atoms with E-state index < -0.39 is 0 Å². The third-order valence-corrected chi connectivity index (χ3v) is 5.60. The first-order valence-electron chi connectivity index (χ1n) is 7.87. The molecule has 7 nitrogen and oxygen atoms in total. The van der Waals surface area contributed by atoms with Crippen molar-refractivity contribution < 1.29 is 19.1 Å². The number of fused-ring (bicyclic) bond motifs is 1. The summed E-state index contributed by atoms with van der Waals surface area (Å²) in [4.78, 5) is 38.7. The molecule has 0 radical (unpaired) electrons. The number of thiocarbonyl (C=S) groups is 1. The SMILES string of the molecule is O=C(CN1C(=O)CSC1=S)NCCN1Cc2cc(Cl)ccc2OCC1=O. The lowest BCUT2D eigenvalue weighted by atomic mass is 10.2. The largest absolute Gasteiger partial charge is 0.483 e. The highest BCUT2D eigenvalue weighted by Gasteiger charge is 2.28. The highest BCUT2D eigenvalue weighted by molar-refractivity contribution is 8.23. The van der Waals surface area contributed by atoms with E-state index in [4.69, 9.17) is 28.6 Å². The van der Waals surface area contributed by atoms with Gasteiger partial charge < -0.3 is 15.0 Å². The van der Waals surface area contributed by atoms with Gasteiger partial charge in [0.15, 0.2) is 6.61 Å². The second-order valence-corrected chi connectivity index (χ2v) is 7.79. The number of rotatable bonds is 5. The van der Waals surface area contributed by atoms with Crippen LogP contribution >= 0.6 is 35.6 Å². The Balaban J connectivity index is 1.52. The number of nitrogens with one attached hydrogen (secondary N) is 1. The molecule has 138 valence electrons. The van der Waals surface area contributed by atoms with Crippen molar-refractivity contribution in [3.05, 3.63) is 28.8 Å². The highest BCUT2D eigenvalue weighted by Crippen LogP contribution is 2.26. The van der Waals surface area contributed by atoms with Gasteiger partial charge in [-0.15, -0.1) is 0 Å². The fourth-order valence-electron chi connectivity index (χ4n) is 2.60. The lowest BCUT2D eigenvalue weighted by Gasteiger charge is -2.21. The Hall–Kier alpha value is -1.84. The van der Waals surface area contributed by atoms with Gasteiger partial charge in [0.1, 0.15) is 16.6 Å². The van der Waals surface area contributed by atoms with Crippen molar-refractivity contribution in [3.63, 3.8) is 0 Å². The summed E-state index contributed by atoms with van der Waals surface area (Å²) >= 11 is 12.3. The zero-order valence-corrected chi connectivity index (χ0v) is 16.1. The molecule has 1 aromatic rings. The Bertz CT molecular complexity index is 758. The number of amides is 3. The van der Waals surface area contributed by atoms with Crippen LogP contribution in [0.4, 0.5) is 0 Å². The standard InChI is InChI=1S/C16H16ClN3O4S2/c17-11-1-2-12-10(5-11)6-19(14(22)8-24-12)4-3-18-13(21)7-20-15(23)9-26-16(20)25/h1-2,5H,3-4,6-9H2,(H,18,21). The van der Waals surface area contributed by atoms with Crippen LogP contribution in [0, 0.1) is 0 Å². The summed E-state index contributed by atoms with van der Waals surface area (Å²) in [5.74, 6) is 0.261. The minimum atomic E-state index is -0.315. The maximum absolute atomic E-state index is 12.2. The quantitative estimate of drug-likeness (QED) is 0.726. The lowest BCUT2D eigenvalue weighted by Crippen LogP contribution is -2.43. The lowest BCUT2D eigenvalue weighted by molar-refractivity contribution is -0.133. The molecular formula is C16H16ClN3O4S2. The number of carbonyl (C=O) groups excluding carboxylic acids is 3. The van der Waals surface area contributed by atoms with E-state index in [2.05, 4.69) is 5.32 Å². The molecule has 10 heteroatoms. The van der Waals surface area contributed by atoms with Crippen LogP contribution < -0.4 is 10.1 Å². The fourth-order valence-corrected chi connectivity index (χ4v) is 3.87. The van der Waals surface area contributed by atoms with Gasteiger partial charge in [-0.05, 0) is 18.2 Å². The highest BCUT2D eigenvalue weighted by atomic mass is 35.5. The third kappa shape index (κ3) is 4.46. The monoisotopic (exact) mass is 413 g/mol. The fraction of sp³-hybridized carbons (Fsp3) is 0.375. The predicted molar refractivity (Wildman–Crippen MR) is 102 cm³/mol. The molecule has 0 unspecified atom stereocenters. The van der Waals surface area contributed by atoms with Gasteiger partial charge in [-0.25, -0.2) is 0 Å². The van der Waals surface area contributed by atoms with Crippen LogP contribution in [0.3, 0.4) is 0 Å². The summed E-state index contributed by atoms with van der Waals surface area (Å²) in [6, 6.07) is 5.21. The van der Waals surface area contributed by atoms with Crippen LogP contribution in [-0.2, 0) is 20.9 Å². The van der Waals surface area contributed by atoms with Crippen molar-refractivity contribution in [2.45, 2.75) is 6.54 Å². The zero-order chi connectivity index (χ0) is 18.7. The second-order valence-electron chi connectivity index (χ2n) is 5.74. The third-order valence-electron chi connectivity index (χ3n) is 3.93. The van der Waals surface area contributed by atoms with E-state index >= 15 is 0 Å². The second kappa shape index (κ2) is 8.24. The molecule has 0 bridgehead atoms. The molecule has 2 aliphatic rings. The van der Waals surface area contributed by atoms with Crippen molar-refractivity contribution in [2.75, 3.05) is 32.0 Å². The van der Waals surface area contributed by atoms with Gasteiger partial charge in [-0.2, -0.15) is 0 Å². The van der Waals surface area contributed by atoms with Gasteiger partial charge in [-0.1, -0.05) is 35.6 Å². The van der Waals surface area contributed by atoms with Crippen LogP contribution in [0.1, 0.15) is 5.56 Å². The molecule has 3 rings (SSSR count). The zero-order valence-electron chi connectivity index (χ0n) is 13.7. The number of hydrogen-bond donors (Lipinski definition) is 1.